The van der Waals surface area contributed by atoms with E-state index in [1.54, 1.807) is 50.7 Å². The number of amides is 1. The minimum atomic E-state index is -0.244. The van der Waals surface area contributed by atoms with Gasteiger partial charge in [-0.05, 0) is 59.7 Å². The number of aryl methyl sites for hydroxylation is 1. The number of carbonyl (C=O) groups excluding carboxylic acids is 1. The molecule has 6 heteroatoms. The number of nitrogens with zero attached hydrogens (tertiary/aromatic N) is 1. The third-order valence-electron chi connectivity index (χ3n) is 5.42. The highest BCUT2D eigenvalue weighted by Crippen LogP contribution is 2.43. The van der Waals surface area contributed by atoms with Crippen LogP contribution in [0.3, 0.4) is 0 Å². The molecule has 2 heterocycles. The molecule has 4 rings (SSSR count). The number of aromatic hydroxyl groups is 1. The predicted octanol–water partition coefficient (Wildman–Crippen LogP) is 4.57. The van der Waals surface area contributed by atoms with E-state index < -0.39 is 0 Å². The van der Waals surface area contributed by atoms with Crippen LogP contribution in [0.2, 0.25) is 0 Å². The minimum absolute atomic E-state index is 0.0422. The lowest BCUT2D eigenvalue weighted by atomic mass is 9.90. The molecule has 1 aromatic heterocycles. The fourth-order valence-corrected chi connectivity index (χ4v) is 4.76. The summed E-state index contributed by atoms with van der Waals surface area (Å²) in [4.78, 5) is 16.4. The van der Waals surface area contributed by atoms with Gasteiger partial charge in [-0.1, -0.05) is 18.2 Å². The highest BCUT2D eigenvalue weighted by molar-refractivity contribution is 7.10. The Kier molecular flexibility index (Phi) is 5.20. The first kappa shape index (κ1) is 19.3. The second-order valence-electron chi connectivity index (χ2n) is 7.04. The van der Waals surface area contributed by atoms with Crippen LogP contribution in [0, 0.1) is 6.92 Å². The average molecular weight is 410 g/mol. The third-order valence-corrected chi connectivity index (χ3v) is 6.34. The van der Waals surface area contributed by atoms with Crippen molar-refractivity contribution in [1.82, 2.24) is 4.90 Å². The number of benzene rings is 2. The molecule has 0 saturated heterocycles. The molecule has 1 aliphatic heterocycles. The highest BCUT2D eigenvalue weighted by atomic mass is 32.1. The summed E-state index contributed by atoms with van der Waals surface area (Å²) >= 11 is 1.61. The van der Waals surface area contributed by atoms with Crippen molar-refractivity contribution in [2.75, 3.05) is 20.8 Å². The van der Waals surface area contributed by atoms with Crippen LogP contribution in [0.4, 0.5) is 0 Å². The summed E-state index contributed by atoms with van der Waals surface area (Å²) < 4.78 is 11.0. The van der Waals surface area contributed by atoms with Gasteiger partial charge < -0.3 is 19.5 Å². The highest BCUT2D eigenvalue weighted by Gasteiger charge is 2.35. The predicted molar refractivity (Wildman–Crippen MR) is 113 cm³/mol. The van der Waals surface area contributed by atoms with E-state index in [0.29, 0.717) is 35.6 Å². The van der Waals surface area contributed by atoms with Gasteiger partial charge in [0, 0.05) is 11.4 Å². The van der Waals surface area contributed by atoms with Gasteiger partial charge in [0.2, 0.25) is 0 Å². The van der Waals surface area contributed by atoms with Gasteiger partial charge in [-0.3, -0.25) is 4.79 Å². The van der Waals surface area contributed by atoms with Gasteiger partial charge in [-0.2, -0.15) is 0 Å². The monoisotopic (exact) mass is 409 g/mol. The van der Waals surface area contributed by atoms with Crippen LogP contribution in [0.1, 0.15) is 38.0 Å². The van der Waals surface area contributed by atoms with E-state index in [1.165, 1.54) is 0 Å². The van der Waals surface area contributed by atoms with Crippen LogP contribution >= 0.6 is 11.3 Å². The molecule has 1 unspecified atom stereocenters. The SMILES string of the molecule is COc1cc2c(cc1OC)C(c1cccs1)N(C(=O)c1cccc(C)c1O)CC2. The number of phenolic OH excluding ortho intramolecular Hbond substituents is 1. The normalized spacial score (nSPS) is 15.7. The molecule has 1 atom stereocenters. The van der Waals surface area contributed by atoms with Crippen molar-refractivity contribution in [3.05, 3.63) is 75.0 Å². The first-order chi connectivity index (χ1) is 14.0. The smallest absolute Gasteiger partial charge is 0.258 e. The zero-order valence-corrected chi connectivity index (χ0v) is 17.5. The van der Waals surface area contributed by atoms with Gasteiger partial charge in [-0.25, -0.2) is 0 Å². The van der Waals surface area contributed by atoms with Gasteiger partial charge >= 0.3 is 0 Å². The van der Waals surface area contributed by atoms with E-state index in [9.17, 15) is 9.90 Å². The van der Waals surface area contributed by atoms with Crippen molar-refractivity contribution in [2.24, 2.45) is 0 Å². The van der Waals surface area contributed by atoms with Crippen molar-refractivity contribution in [1.29, 1.82) is 0 Å². The molecule has 2 aromatic carbocycles. The number of para-hydroxylation sites is 1. The second-order valence-corrected chi connectivity index (χ2v) is 8.02. The fraction of sp³-hybridized carbons (Fsp3) is 0.261. The Morgan fingerprint density at radius 3 is 2.59 bits per heavy atom. The Labute approximate surface area is 174 Å². The third kappa shape index (κ3) is 3.34. The zero-order chi connectivity index (χ0) is 20.5. The lowest BCUT2D eigenvalue weighted by Gasteiger charge is -2.37. The number of ether oxygens (including phenoxy) is 2. The summed E-state index contributed by atoms with van der Waals surface area (Å²) in [5, 5.41) is 12.5. The minimum Gasteiger partial charge on any atom is -0.507 e. The average Bonchev–Trinajstić information content (AvgIpc) is 3.27. The van der Waals surface area contributed by atoms with Crippen LogP contribution < -0.4 is 9.47 Å². The first-order valence-corrected chi connectivity index (χ1v) is 10.3. The summed E-state index contributed by atoms with van der Waals surface area (Å²) in [6.45, 7) is 2.35. The van der Waals surface area contributed by atoms with Gasteiger partial charge in [-0.15, -0.1) is 11.3 Å². The molecule has 0 saturated carbocycles. The molecule has 0 spiro atoms. The lowest BCUT2D eigenvalue weighted by molar-refractivity contribution is 0.0693. The molecule has 29 heavy (non-hydrogen) atoms. The summed E-state index contributed by atoms with van der Waals surface area (Å²) in [5.74, 6) is 1.19. The Balaban J connectivity index is 1.84. The Morgan fingerprint density at radius 2 is 1.90 bits per heavy atom. The molecular weight excluding hydrogens is 386 g/mol. The van der Waals surface area contributed by atoms with Crippen LogP contribution in [-0.2, 0) is 6.42 Å². The first-order valence-electron chi connectivity index (χ1n) is 9.43. The molecule has 0 bridgehead atoms. The molecular formula is C23H23NO4S. The topological polar surface area (TPSA) is 59.0 Å². The van der Waals surface area contributed by atoms with E-state index in [4.69, 9.17) is 9.47 Å². The number of hydrogen-bond donors (Lipinski definition) is 1. The van der Waals surface area contributed by atoms with Gasteiger partial charge in [0.05, 0.1) is 25.8 Å². The molecule has 3 aromatic rings. The number of thiophene rings is 1. The molecule has 0 radical (unpaired) electrons. The number of methoxy groups -OCH3 is 2. The maximum absolute atomic E-state index is 13.5. The molecule has 5 nitrogen and oxygen atoms in total. The van der Waals surface area contributed by atoms with Crippen molar-refractivity contribution in [3.63, 3.8) is 0 Å². The second kappa shape index (κ2) is 7.79. The summed E-state index contributed by atoms with van der Waals surface area (Å²) in [5.41, 5.74) is 3.18. The largest absolute Gasteiger partial charge is 0.507 e. The quantitative estimate of drug-likeness (QED) is 0.686. The number of fused-ring (bicyclic) bond motifs is 1. The number of rotatable bonds is 4. The van der Waals surface area contributed by atoms with Crippen molar-refractivity contribution < 1.29 is 19.4 Å². The molecule has 1 N–H and O–H groups in total. The number of hydrogen-bond acceptors (Lipinski definition) is 5. The summed E-state index contributed by atoms with van der Waals surface area (Å²) in [7, 11) is 3.24. The van der Waals surface area contributed by atoms with Crippen LogP contribution in [0.15, 0.2) is 47.8 Å². The Morgan fingerprint density at radius 1 is 1.14 bits per heavy atom. The van der Waals surface area contributed by atoms with Crippen molar-refractivity contribution in [3.8, 4) is 17.2 Å². The maximum Gasteiger partial charge on any atom is 0.258 e. The molecule has 0 aliphatic carbocycles. The summed E-state index contributed by atoms with van der Waals surface area (Å²) in [6.07, 6.45) is 0.704. The maximum atomic E-state index is 13.5. The van der Waals surface area contributed by atoms with Crippen LogP contribution in [0.5, 0.6) is 17.2 Å². The van der Waals surface area contributed by atoms with Crippen LogP contribution in [0.25, 0.3) is 0 Å². The van der Waals surface area contributed by atoms with Gasteiger partial charge in [0.25, 0.3) is 5.91 Å². The Bertz CT molecular complexity index is 1050. The molecule has 150 valence electrons. The number of phenols is 1. The lowest BCUT2D eigenvalue weighted by Crippen LogP contribution is -2.40. The number of carbonyl (C=O) groups is 1. The van der Waals surface area contributed by atoms with E-state index >= 15 is 0 Å². The summed E-state index contributed by atoms with van der Waals surface area (Å²) in [6, 6.07) is 13.0. The van der Waals surface area contributed by atoms with Crippen LogP contribution in [-0.4, -0.2) is 36.7 Å². The fourth-order valence-electron chi connectivity index (χ4n) is 3.90. The van der Waals surface area contributed by atoms with Crippen molar-refractivity contribution in [2.45, 2.75) is 19.4 Å². The zero-order valence-electron chi connectivity index (χ0n) is 16.6. The van der Waals surface area contributed by atoms with E-state index in [-0.39, 0.29) is 17.7 Å². The van der Waals surface area contributed by atoms with Gasteiger partial charge in [0.15, 0.2) is 11.5 Å². The van der Waals surface area contributed by atoms with E-state index in [1.807, 2.05) is 34.5 Å². The van der Waals surface area contributed by atoms with Gasteiger partial charge in [0.1, 0.15) is 5.75 Å². The molecule has 1 aliphatic rings. The standard InChI is InChI=1S/C23H23NO4S/c1-14-6-4-7-16(22(14)25)23(26)24-10-9-15-12-18(27-2)19(28-3)13-17(15)21(24)20-8-5-11-29-20/h4-8,11-13,21,25H,9-10H2,1-3H3. The molecule has 1 amide bonds. The van der Waals surface area contributed by atoms with E-state index in [2.05, 4.69) is 0 Å². The Hall–Kier alpha value is -2.99. The molecule has 0 fully saturated rings. The van der Waals surface area contributed by atoms with E-state index in [0.717, 1.165) is 16.0 Å². The van der Waals surface area contributed by atoms with Crippen molar-refractivity contribution >= 4 is 17.2 Å².